The molecule has 6 heteroatoms. The minimum Gasteiger partial charge on any atom is -0.339 e. The highest BCUT2D eigenvalue weighted by Crippen LogP contribution is 2.29. The lowest BCUT2D eigenvalue weighted by Gasteiger charge is -2.40. The number of nitrogens with zero attached hydrogens (tertiary/aromatic N) is 4. The van der Waals surface area contributed by atoms with Gasteiger partial charge in [0.2, 0.25) is 5.91 Å². The first kappa shape index (κ1) is 17.7. The summed E-state index contributed by atoms with van der Waals surface area (Å²) in [5.41, 5.74) is -0.156. The normalized spacial score (nSPS) is 20.8. The number of carbonyl (C=O) groups excluding carboxylic acids is 1. The summed E-state index contributed by atoms with van der Waals surface area (Å²) in [5.74, 6) is 0.447. The molecule has 2 aliphatic rings. The Bertz CT molecular complexity index is 679. The fraction of sp³-hybridized carbons (Fsp3) is 0.632. The van der Waals surface area contributed by atoms with Crippen LogP contribution in [0.3, 0.4) is 0 Å². The Hall–Kier alpha value is -2.13. The number of hydrogen-bond donors (Lipinski definition) is 0. The van der Waals surface area contributed by atoms with E-state index in [0.717, 1.165) is 25.9 Å². The zero-order chi connectivity index (χ0) is 17.6. The van der Waals surface area contributed by atoms with Crippen molar-refractivity contribution in [3.05, 3.63) is 34.7 Å². The van der Waals surface area contributed by atoms with E-state index >= 15 is 0 Å². The van der Waals surface area contributed by atoms with Crippen molar-refractivity contribution in [1.29, 1.82) is 5.26 Å². The second-order valence-electron chi connectivity index (χ2n) is 7.06. The van der Waals surface area contributed by atoms with E-state index in [1.54, 1.807) is 18.3 Å². The smallest absolute Gasteiger partial charge is 0.250 e. The molecule has 3 rings (SSSR count). The maximum Gasteiger partial charge on any atom is 0.250 e. The molecular formula is C19H26N4O2. The molecule has 0 N–H and O–H groups in total. The van der Waals surface area contributed by atoms with E-state index in [1.165, 1.54) is 29.9 Å². The van der Waals surface area contributed by atoms with Crippen molar-refractivity contribution in [1.82, 2.24) is 14.4 Å². The minimum atomic E-state index is -0.156. The van der Waals surface area contributed by atoms with Crippen LogP contribution in [-0.2, 0) is 11.3 Å². The third-order valence-electron chi connectivity index (χ3n) is 5.49. The summed E-state index contributed by atoms with van der Waals surface area (Å²) < 4.78 is 1.44. The van der Waals surface area contributed by atoms with Crippen LogP contribution >= 0.6 is 0 Å². The largest absolute Gasteiger partial charge is 0.339 e. The van der Waals surface area contributed by atoms with Crippen molar-refractivity contribution < 1.29 is 4.79 Å². The number of amides is 1. The van der Waals surface area contributed by atoms with Crippen LogP contribution in [0.25, 0.3) is 0 Å². The molecule has 1 aliphatic heterocycles. The maximum atomic E-state index is 12.5. The molecule has 1 aromatic rings. The average molecular weight is 342 g/mol. The van der Waals surface area contributed by atoms with Crippen LogP contribution < -0.4 is 5.56 Å². The van der Waals surface area contributed by atoms with Crippen molar-refractivity contribution in [2.75, 3.05) is 26.2 Å². The van der Waals surface area contributed by atoms with E-state index in [-0.39, 0.29) is 24.1 Å². The third-order valence-corrected chi connectivity index (χ3v) is 5.49. The fourth-order valence-electron chi connectivity index (χ4n) is 4.02. The lowest BCUT2D eigenvalue weighted by molar-refractivity contribution is -0.134. The summed E-state index contributed by atoms with van der Waals surface area (Å²) in [5, 5.41) is 9.62. The van der Waals surface area contributed by atoms with Gasteiger partial charge in [-0.3, -0.25) is 14.5 Å². The van der Waals surface area contributed by atoms with E-state index in [1.807, 2.05) is 4.90 Å². The van der Waals surface area contributed by atoms with E-state index < -0.39 is 0 Å². The molecule has 1 atom stereocenters. The number of hydrogen-bond acceptors (Lipinski definition) is 4. The van der Waals surface area contributed by atoms with Gasteiger partial charge in [0.1, 0.15) is 12.6 Å². The highest BCUT2D eigenvalue weighted by Gasteiger charge is 2.31. The zero-order valence-corrected chi connectivity index (χ0v) is 14.6. The van der Waals surface area contributed by atoms with Crippen LogP contribution in [0, 0.1) is 17.2 Å². The van der Waals surface area contributed by atoms with Gasteiger partial charge in [-0.1, -0.05) is 25.3 Å². The Kier molecular flexibility index (Phi) is 5.87. The summed E-state index contributed by atoms with van der Waals surface area (Å²) in [7, 11) is 0. The first-order valence-corrected chi connectivity index (χ1v) is 9.26. The first-order chi connectivity index (χ1) is 12.2. The molecular weight excluding hydrogens is 316 g/mol. The molecule has 0 bridgehead atoms. The molecule has 2 heterocycles. The predicted molar refractivity (Wildman–Crippen MR) is 94.8 cm³/mol. The van der Waals surface area contributed by atoms with Gasteiger partial charge in [0.05, 0.1) is 6.07 Å². The Balaban J connectivity index is 1.54. The number of rotatable bonds is 4. The molecule has 0 radical (unpaired) electrons. The van der Waals surface area contributed by atoms with Crippen molar-refractivity contribution in [3.8, 4) is 6.07 Å². The highest BCUT2D eigenvalue weighted by atomic mass is 16.2. The van der Waals surface area contributed by atoms with Crippen LogP contribution in [-0.4, -0.2) is 52.5 Å². The van der Waals surface area contributed by atoms with Gasteiger partial charge in [0.25, 0.3) is 5.56 Å². The molecule has 1 aliphatic carbocycles. The summed E-state index contributed by atoms with van der Waals surface area (Å²) in [6.07, 6.45) is 7.68. The second-order valence-corrected chi connectivity index (χ2v) is 7.06. The molecule has 2 fully saturated rings. The molecule has 1 saturated carbocycles. The van der Waals surface area contributed by atoms with Crippen LogP contribution in [0.5, 0.6) is 0 Å². The van der Waals surface area contributed by atoms with Crippen LogP contribution in [0.4, 0.5) is 0 Å². The molecule has 1 aromatic heterocycles. The number of carbonyl (C=O) groups is 1. The van der Waals surface area contributed by atoms with Gasteiger partial charge in [-0.25, -0.2) is 0 Å². The quantitative estimate of drug-likeness (QED) is 0.831. The SMILES string of the molecule is N#C[C@H](C1CCCCC1)N1CCN(C(=O)Cn2ccccc2=O)CC1. The summed E-state index contributed by atoms with van der Waals surface area (Å²) in [6, 6.07) is 7.39. The number of aromatic nitrogens is 1. The fourth-order valence-corrected chi connectivity index (χ4v) is 4.02. The lowest BCUT2D eigenvalue weighted by atomic mass is 9.83. The van der Waals surface area contributed by atoms with Gasteiger partial charge in [-0.15, -0.1) is 0 Å². The van der Waals surface area contributed by atoms with Gasteiger partial charge in [-0.05, 0) is 24.8 Å². The summed E-state index contributed by atoms with van der Waals surface area (Å²) in [4.78, 5) is 28.2. The Morgan fingerprint density at radius 1 is 1.16 bits per heavy atom. The van der Waals surface area contributed by atoms with Gasteiger partial charge in [0, 0.05) is 38.4 Å². The molecule has 25 heavy (non-hydrogen) atoms. The predicted octanol–water partition coefficient (Wildman–Crippen LogP) is 1.46. The molecule has 6 nitrogen and oxygen atoms in total. The van der Waals surface area contributed by atoms with Gasteiger partial charge in [0.15, 0.2) is 0 Å². The Morgan fingerprint density at radius 2 is 1.88 bits per heavy atom. The molecule has 1 saturated heterocycles. The molecule has 0 spiro atoms. The molecule has 1 amide bonds. The van der Waals surface area contributed by atoms with Gasteiger partial charge < -0.3 is 9.47 Å². The van der Waals surface area contributed by atoms with Crippen LogP contribution in [0.15, 0.2) is 29.2 Å². The highest BCUT2D eigenvalue weighted by molar-refractivity contribution is 5.76. The summed E-state index contributed by atoms with van der Waals surface area (Å²) in [6.45, 7) is 2.83. The lowest BCUT2D eigenvalue weighted by Crippen LogP contribution is -2.54. The second kappa shape index (κ2) is 8.30. The van der Waals surface area contributed by atoms with E-state index in [9.17, 15) is 14.9 Å². The van der Waals surface area contributed by atoms with Crippen LogP contribution in [0.2, 0.25) is 0 Å². The minimum absolute atomic E-state index is 0.0192. The van der Waals surface area contributed by atoms with Crippen molar-refractivity contribution in [3.63, 3.8) is 0 Å². The third kappa shape index (κ3) is 4.29. The Labute approximate surface area is 148 Å². The number of pyridine rings is 1. The van der Waals surface area contributed by atoms with Crippen LogP contribution in [0.1, 0.15) is 32.1 Å². The van der Waals surface area contributed by atoms with Gasteiger partial charge >= 0.3 is 0 Å². The first-order valence-electron chi connectivity index (χ1n) is 9.26. The standard InChI is InChI=1S/C19H26N4O2/c20-14-17(16-6-2-1-3-7-16)21-10-12-22(13-11-21)19(25)15-23-9-5-4-8-18(23)24/h4-5,8-9,16-17H,1-3,6-7,10-13,15H2/t17-/m1/s1. The Morgan fingerprint density at radius 3 is 2.52 bits per heavy atom. The topological polar surface area (TPSA) is 69.3 Å². The number of piperazine rings is 1. The molecule has 0 unspecified atom stereocenters. The maximum absolute atomic E-state index is 12.5. The molecule has 134 valence electrons. The molecule has 0 aromatic carbocycles. The van der Waals surface area contributed by atoms with Crippen molar-refractivity contribution >= 4 is 5.91 Å². The van der Waals surface area contributed by atoms with Crippen molar-refractivity contribution in [2.45, 2.75) is 44.7 Å². The summed E-state index contributed by atoms with van der Waals surface area (Å²) >= 11 is 0. The van der Waals surface area contributed by atoms with Gasteiger partial charge in [-0.2, -0.15) is 5.26 Å². The van der Waals surface area contributed by atoms with E-state index in [4.69, 9.17) is 0 Å². The van der Waals surface area contributed by atoms with E-state index in [2.05, 4.69) is 11.0 Å². The van der Waals surface area contributed by atoms with Crippen molar-refractivity contribution in [2.24, 2.45) is 5.92 Å². The van der Waals surface area contributed by atoms with E-state index in [0.29, 0.717) is 19.0 Å². The average Bonchev–Trinajstić information content (AvgIpc) is 2.66. The monoisotopic (exact) mass is 342 g/mol. The zero-order valence-electron chi connectivity index (χ0n) is 14.6. The number of nitriles is 1.